The van der Waals surface area contributed by atoms with E-state index >= 15 is 0 Å². The Morgan fingerprint density at radius 3 is 2.85 bits per heavy atom. The molecule has 0 aliphatic carbocycles. The fourth-order valence-electron chi connectivity index (χ4n) is 4.43. The molecule has 0 amide bonds. The summed E-state index contributed by atoms with van der Waals surface area (Å²) in [4.78, 5) is 4.83. The molecule has 0 saturated heterocycles. The summed E-state index contributed by atoms with van der Waals surface area (Å²) in [5, 5.41) is 1.17. The van der Waals surface area contributed by atoms with Gasteiger partial charge in [-0.1, -0.05) is 0 Å². The van der Waals surface area contributed by atoms with Gasteiger partial charge in [-0.25, -0.2) is 0 Å². The molecule has 2 atom stereocenters. The SMILES string of the molecule is COc1ccc2[nH]cc([C@@H]3c4c(cc5c(c4OC)OCO5)CC[NH+]3C)c2c1. The highest BCUT2D eigenvalue weighted by Crippen LogP contribution is 2.49. The van der Waals surface area contributed by atoms with Gasteiger partial charge in [-0.2, -0.15) is 0 Å². The average molecular weight is 367 g/mol. The van der Waals surface area contributed by atoms with Gasteiger partial charge in [-0.05, 0) is 29.8 Å². The number of aromatic amines is 1. The second kappa shape index (κ2) is 6.09. The molecule has 1 unspecified atom stereocenters. The van der Waals surface area contributed by atoms with Crippen LogP contribution >= 0.6 is 0 Å². The van der Waals surface area contributed by atoms with Crippen molar-refractivity contribution in [2.75, 3.05) is 34.6 Å². The molecule has 1 aromatic heterocycles. The van der Waals surface area contributed by atoms with Crippen LogP contribution in [-0.2, 0) is 6.42 Å². The number of aromatic nitrogens is 1. The van der Waals surface area contributed by atoms with Crippen LogP contribution in [0.2, 0.25) is 0 Å². The summed E-state index contributed by atoms with van der Waals surface area (Å²) in [6, 6.07) is 8.40. The molecule has 0 saturated carbocycles. The highest BCUT2D eigenvalue weighted by atomic mass is 16.7. The number of H-pyrrole nitrogens is 1. The minimum atomic E-state index is 0.138. The van der Waals surface area contributed by atoms with Gasteiger partial charge in [0.25, 0.3) is 0 Å². The maximum Gasteiger partial charge on any atom is 0.231 e. The Morgan fingerprint density at radius 2 is 2.04 bits per heavy atom. The Hall–Kier alpha value is -2.86. The first-order valence-electron chi connectivity index (χ1n) is 9.18. The number of hydrogen-bond donors (Lipinski definition) is 2. The third-order valence-electron chi connectivity index (χ3n) is 5.75. The molecule has 27 heavy (non-hydrogen) atoms. The maximum absolute atomic E-state index is 5.84. The number of quaternary nitrogens is 1. The van der Waals surface area contributed by atoms with Crippen LogP contribution in [0.4, 0.5) is 0 Å². The first-order valence-corrected chi connectivity index (χ1v) is 9.18. The Balaban J connectivity index is 1.75. The lowest BCUT2D eigenvalue weighted by atomic mass is 9.87. The first-order chi connectivity index (χ1) is 13.2. The molecule has 0 fully saturated rings. The van der Waals surface area contributed by atoms with E-state index in [0.717, 1.165) is 35.7 Å². The van der Waals surface area contributed by atoms with E-state index in [9.17, 15) is 0 Å². The molecule has 6 nitrogen and oxygen atoms in total. The predicted octanol–water partition coefficient (Wildman–Crippen LogP) is 2.07. The predicted molar refractivity (Wildman–Crippen MR) is 101 cm³/mol. The molecular formula is C21H23N2O4+. The van der Waals surface area contributed by atoms with Crippen molar-refractivity contribution in [2.24, 2.45) is 0 Å². The Morgan fingerprint density at radius 1 is 1.15 bits per heavy atom. The molecule has 2 aromatic carbocycles. The van der Waals surface area contributed by atoms with E-state index in [1.807, 2.05) is 6.07 Å². The van der Waals surface area contributed by atoms with Gasteiger partial charge in [-0.15, -0.1) is 0 Å². The first kappa shape index (κ1) is 16.3. The zero-order chi connectivity index (χ0) is 18.5. The third kappa shape index (κ3) is 2.36. The van der Waals surface area contributed by atoms with E-state index in [-0.39, 0.29) is 12.8 Å². The number of fused-ring (bicyclic) bond motifs is 3. The van der Waals surface area contributed by atoms with Crippen molar-refractivity contribution >= 4 is 10.9 Å². The van der Waals surface area contributed by atoms with E-state index in [2.05, 4.69) is 36.4 Å². The molecule has 0 bridgehead atoms. The molecule has 5 rings (SSSR count). The maximum atomic E-state index is 5.84. The third-order valence-corrected chi connectivity index (χ3v) is 5.75. The van der Waals surface area contributed by atoms with Gasteiger partial charge < -0.3 is 28.8 Å². The van der Waals surface area contributed by atoms with E-state index in [0.29, 0.717) is 5.75 Å². The highest BCUT2D eigenvalue weighted by molar-refractivity contribution is 5.85. The molecular weight excluding hydrogens is 344 g/mol. The molecule has 0 spiro atoms. The van der Waals surface area contributed by atoms with E-state index in [1.165, 1.54) is 27.0 Å². The van der Waals surface area contributed by atoms with Crippen molar-refractivity contribution in [3.8, 4) is 23.0 Å². The van der Waals surface area contributed by atoms with Crippen molar-refractivity contribution in [1.29, 1.82) is 0 Å². The van der Waals surface area contributed by atoms with Gasteiger partial charge in [-0.3, -0.25) is 0 Å². The lowest BCUT2D eigenvalue weighted by Crippen LogP contribution is -3.10. The Bertz CT molecular complexity index is 1030. The highest BCUT2D eigenvalue weighted by Gasteiger charge is 2.38. The van der Waals surface area contributed by atoms with Crippen molar-refractivity contribution in [3.05, 3.63) is 47.2 Å². The van der Waals surface area contributed by atoms with Crippen LogP contribution in [0.3, 0.4) is 0 Å². The van der Waals surface area contributed by atoms with Crippen LogP contribution in [0.5, 0.6) is 23.0 Å². The number of methoxy groups -OCH3 is 2. The van der Waals surface area contributed by atoms with Crippen LogP contribution in [0.25, 0.3) is 10.9 Å². The quantitative estimate of drug-likeness (QED) is 0.744. The normalized spacial score (nSPS) is 20.6. The molecule has 2 aliphatic heterocycles. The lowest BCUT2D eigenvalue weighted by molar-refractivity contribution is -0.908. The zero-order valence-electron chi connectivity index (χ0n) is 15.7. The summed E-state index contributed by atoms with van der Waals surface area (Å²) in [5.74, 6) is 3.15. The second-order valence-electron chi connectivity index (χ2n) is 7.15. The minimum absolute atomic E-state index is 0.138. The van der Waals surface area contributed by atoms with E-state index in [4.69, 9.17) is 18.9 Å². The van der Waals surface area contributed by atoms with Crippen LogP contribution in [0, 0.1) is 0 Å². The molecule has 0 radical (unpaired) electrons. The fraction of sp³-hybridized carbons (Fsp3) is 0.333. The second-order valence-corrected chi connectivity index (χ2v) is 7.15. The van der Waals surface area contributed by atoms with Gasteiger partial charge >= 0.3 is 0 Å². The lowest BCUT2D eigenvalue weighted by Gasteiger charge is -2.33. The summed E-state index contributed by atoms with van der Waals surface area (Å²) >= 11 is 0. The summed E-state index contributed by atoms with van der Waals surface area (Å²) in [6.07, 6.45) is 3.09. The molecule has 6 heteroatoms. The van der Waals surface area contributed by atoms with E-state index < -0.39 is 0 Å². The summed E-state index contributed by atoms with van der Waals surface area (Å²) in [5.41, 5.74) is 4.79. The standard InChI is InChI=1S/C21H22N2O4/c1-23-7-6-12-8-17-20(27-11-26-17)21(25-3)18(12)19(23)15-10-22-16-5-4-13(24-2)9-14(15)16/h4-5,8-10,19,22H,6-7,11H2,1-3H3/p+1/t19-/m1/s1. The minimum Gasteiger partial charge on any atom is -0.497 e. The largest absolute Gasteiger partial charge is 0.497 e. The molecule has 3 aromatic rings. The van der Waals surface area contributed by atoms with Gasteiger partial charge in [0.05, 0.1) is 33.4 Å². The van der Waals surface area contributed by atoms with Crippen LogP contribution in [0.15, 0.2) is 30.5 Å². The van der Waals surface area contributed by atoms with Crippen molar-refractivity contribution in [2.45, 2.75) is 12.5 Å². The monoisotopic (exact) mass is 367 g/mol. The van der Waals surface area contributed by atoms with Crippen LogP contribution < -0.4 is 23.8 Å². The van der Waals surface area contributed by atoms with Gasteiger partial charge in [0, 0.05) is 29.1 Å². The number of ether oxygens (including phenoxy) is 4. The topological polar surface area (TPSA) is 57.2 Å². The summed E-state index contributed by atoms with van der Waals surface area (Å²) < 4.78 is 22.6. The fourth-order valence-corrected chi connectivity index (χ4v) is 4.43. The van der Waals surface area contributed by atoms with E-state index in [1.54, 1.807) is 14.2 Å². The summed E-state index contributed by atoms with van der Waals surface area (Å²) in [6.45, 7) is 1.28. The Kier molecular flexibility index (Phi) is 3.68. The Labute approximate surface area is 157 Å². The number of likely N-dealkylation sites (N-methyl/N-ethyl adjacent to an activating group) is 1. The van der Waals surface area contributed by atoms with Gasteiger partial charge in [0.2, 0.25) is 12.5 Å². The number of hydrogen-bond acceptors (Lipinski definition) is 4. The van der Waals surface area contributed by atoms with Crippen LogP contribution in [-0.4, -0.2) is 39.6 Å². The average Bonchev–Trinajstić information content (AvgIpc) is 3.32. The number of rotatable bonds is 3. The molecule has 2 aliphatic rings. The van der Waals surface area contributed by atoms with Crippen molar-refractivity contribution in [3.63, 3.8) is 0 Å². The molecule has 3 heterocycles. The van der Waals surface area contributed by atoms with Crippen molar-refractivity contribution < 1.29 is 23.8 Å². The van der Waals surface area contributed by atoms with Crippen LogP contribution in [0.1, 0.15) is 22.7 Å². The number of benzene rings is 2. The molecule has 2 N–H and O–H groups in total. The molecule has 140 valence electrons. The summed E-state index contributed by atoms with van der Waals surface area (Å²) in [7, 11) is 5.64. The zero-order valence-corrected chi connectivity index (χ0v) is 15.7. The smallest absolute Gasteiger partial charge is 0.231 e. The van der Waals surface area contributed by atoms with Crippen molar-refractivity contribution in [1.82, 2.24) is 4.98 Å². The van der Waals surface area contributed by atoms with Gasteiger partial charge in [0.15, 0.2) is 11.5 Å². The van der Waals surface area contributed by atoms with Gasteiger partial charge in [0.1, 0.15) is 11.8 Å². The number of nitrogens with one attached hydrogen (secondary N) is 2.